The molecule has 50 heavy (non-hydrogen) atoms. The summed E-state index contributed by atoms with van der Waals surface area (Å²) in [6, 6.07) is 25.5. The van der Waals surface area contributed by atoms with Crippen molar-refractivity contribution in [3.05, 3.63) is 72.8 Å². The third-order valence-corrected chi connectivity index (χ3v) is 5.87. The summed E-state index contributed by atoms with van der Waals surface area (Å²) < 4.78 is 59.9. The third kappa shape index (κ3) is 17.3. The summed E-state index contributed by atoms with van der Waals surface area (Å²) in [5.74, 6) is 7.61. The molecule has 0 aliphatic rings. The summed E-state index contributed by atoms with van der Waals surface area (Å²) >= 11 is 0. The zero-order valence-corrected chi connectivity index (χ0v) is 32.9. The van der Waals surface area contributed by atoms with Gasteiger partial charge in [0.25, 0.3) is 0 Å². The Morgan fingerprint density at radius 2 is 0.360 bits per heavy atom. The van der Waals surface area contributed by atoms with Crippen LogP contribution >= 0.6 is 0 Å². The van der Waals surface area contributed by atoms with Gasteiger partial charge in [0.2, 0.25) is 0 Å². The Hall–Kier alpha value is -4.46. The molecular weight excluding hydrogens is 728 g/mol. The van der Waals surface area contributed by atoms with Gasteiger partial charge in [-0.1, -0.05) is 72.8 Å². The Balaban J connectivity index is 0. The molecule has 0 aliphatic carbocycles. The Morgan fingerprint density at radius 3 is 0.440 bits per heavy atom. The minimum absolute atomic E-state index is 0. The number of methoxy groups -OCH3 is 12. The fourth-order valence-electron chi connectivity index (χ4n) is 3.33. The van der Waals surface area contributed by atoms with Crippen LogP contribution in [0.15, 0.2) is 48.5 Å². The molecule has 0 saturated heterocycles. The summed E-state index contributed by atoms with van der Waals surface area (Å²) in [5.41, 5.74) is 0. The van der Waals surface area contributed by atoms with E-state index >= 15 is 0 Å². The quantitative estimate of drug-likeness (QED) is 0.157. The van der Waals surface area contributed by atoms with Gasteiger partial charge in [0, 0.05) is 69.0 Å². The minimum atomic E-state index is 0. The van der Waals surface area contributed by atoms with Crippen molar-refractivity contribution in [2.75, 3.05) is 85.3 Å². The Kier molecular flexibility index (Phi) is 26.1. The molecule has 0 atom stereocenters. The van der Waals surface area contributed by atoms with Crippen LogP contribution in [0.3, 0.4) is 0 Å². The molecule has 0 bridgehead atoms. The smallest absolute Gasteiger partial charge is 0.522 e. The van der Waals surface area contributed by atoms with Gasteiger partial charge < -0.3 is 56.8 Å². The van der Waals surface area contributed by atoms with Gasteiger partial charge in [0.05, 0.1) is 85.3 Å². The van der Waals surface area contributed by atoms with Gasteiger partial charge in [0.1, 0.15) is 0 Å². The Bertz CT molecular complexity index is 1040. The van der Waals surface area contributed by atoms with Crippen LogP contribution in [-0.2, 0) is 34.7 Å². The fourth-order valence-corrected chi connectivity index (χ4v) is 3.33. The van der Waals surface area contributed by atoms with Crippen molar-refractivity contribution in [3.8, 4) is 69.0 Å². The average Bonchev–Trinajstić information content (AvgIpc) is 3.17. The van der Waals surface area contributed by atoms with Gasteiger partial charge in [-0.2, -0.15) is 0 Å². The first-order chi connectivity index (χ1) is 23.2. The first kappa shape index (κ1) is 47.7. The monoisotopic (exact) mass is 772 g/mol. The Labute approximate surface area is 317 Å². The molecule has 4 aromatic carbocycles. The molecule has 0 radical (unpaired) electrons. The second-order valence-corrected chi connectivity index (χ2v) is 8.63. The van der Waals surface area contributed by atoms with Crippen molar-refractivity contribution in [3.63, 3.8) is 0 Å². The zero-order chi connectivity index (χ0) is 35.9. The van der Waals surface area contributed by atoms with Gasteiger partial charge in [-0.15, -0.1) is 0 Å². The minimum Gasteiger partial charge on any atom is -0.522 e. The summed E-state index contributed by atoms with van der Waals surface area (Å²) in [7, 11) is 19.0. The topological polar surface area (TPSA) is 111 Å². The molecule has 0 saturated carbocycles. The molecule has 0 amide bonds. The largest absolute Gasteiger partial charge is 2.00 e. The summed E-state index contributed by atoms with van der Waals surface area (Å²) in [4.78, 5) is 0. The van der Waals surface area contributed by atoms with Crippen LogP contribution in [0.5, 0.6) is 69.0 Å². The van der Waals surface area contributed by atoms with Crippen molar-refractivity contribution in [1.29, 1.82) is 0 Å². The van der Waals surface area contributed by atoms with Gasteiger partial charge in [-0.05, 0) is 0 Å². The molecule has 0 fully saturated rings. The van der Waals surface area contributed by atoms with Gasteiger partial charge in [-0.25, -0.2) is 0 Å². The van der Waals surface area contributed by atoms with Crippen molar-refractivity contribution < 1.29 is 91.6 Å². The second-order valence-electron chi connectivity index (χ2n) is 8.63. The number of ether oxygens (including phenoxy) is 12. The molecule has 0 aliphatic heterocycles. The SMILES string of the molecule is COc1[c-]c(OC)cc(OC)c1.COc1[c-]c(OC)cc(OC)c1.COc1[c-]c(OC)cc(OC)c1.COc1[c-]c(OC)cc(OC)c1.[Cr+2].[Cr+2]. The Morgan fingerprint density at radius 1 is 0.240 bits per heavy atom. The maximum Gasteiger partial charge on any atom is 2.00 e. The summed E-state index contributed by atoms with van der Waals surface area (Å²) in [6.45, 7) is 0. The molecule has 14 heteroatoms. The predicted molar refractivity (Wildman–Crippen MR) is 180 cm³/mol. The third-order valence-electron chi connectivity index (χ3n) is 5.87. The van der Waals surface area contributed by atoms with Crippen molar-refractivity contribution in [2.45, 2.75) is 0 Å². The van der Waals surface area contributed by atoms with E-state index in [2.05, 4.69) is 24.3 Å². The molecule has 4 rings (SSSR count). The maximum atomic E-state index is 5.02. The second kappa shape index (κ2) is 27.4. The predicted octanol–water partition coefficient (Wildman–Crippen LogP) is 6.05. The standard InChI is InChI=1S/4C9H11O3.2Cr/c4*1-10-7-4-8(11-2)6-9(5-7)12-3;;/h4*4-5H,1-3H3;;/q4*-1;2*+2. The van der Waals surface area contributed by atoms with Crippen molar-refractivity contribution >= 4 is 0 Å². The van der Waals surface area contributed by atoms with Gasteiger partial charge in [0.15, 0.2) is 0 Å². The fraction of sp³-hybridized carbons (Fsp3) is 0.333. The molecular formula is C36H44Cr2O12. The summed E-state index contributed by atoms with van der Waals surface area (Å²) in [5, 5.41) is 0. The molecule has 0 spiro atoms. The van der Waals surface area contributed by atoms with E-state index in [0.29, 0.717) is 69.0 Å². The normalized spacial score (nSPS) is 8.88. The maximum absolute atomic E-state index is 5.02. The van der Waals surface area contributed by atoms with Gasteiger partial charge >= 0.3 is 34.7 Å². The molecule has 0 aromatic heterocycles. The molecule has 272 valence electrons. The van der Waals surface area contributed by atoms with E-state index in [1.54, 1.807) is 134 Å². The van der Waals surface area contributed by atoms with Crippen LogP contribution in [0.1, 0.15) is 0 Å². The van der Waals surface area contributed by atoms with E-state index in [1.807, 2.05) is 0 Å². The van der Waals surface area contributed by atoms with Crippen molar-refractivity contribution in [1.82, 2.24) is 0 Å². The molecule has 0 heterocycles. The number of benzene rings is 4. The molecule has 4 aromatic rings. The van der Waals surface area contributed by atoms with E-state index in [1.165, 1.54) is 0 Å². The van der Waals surface area contributed by atoms with E-state index in [0.717, 1.165) is 0 Å². The number of hydrogen-bond donors (Lipinski definition) is 0. The van der Waals surface area contributed by atoms with Crippen LogP contribution in [0.2, 0.25) is 0 Å². The van der Waals surface area contributed by atoms with E-state index in [4.69, 9.17) is 56.8 Å². The van der Waals surface area contributed by atoms with Crippen LogP contribution in [-0.4, -0.2) is 85.3 Å². The first-order valence-electron chi connectivity index (χ1n) is 14.0. The zero-order valence-electron chi connectivity index (χ0n) is 30.3. The number of rotatable bonds is 12. The first-order valence-corrected chi connectivity index (χ1v) is 14.0. The average molecular weight is 773 g/mol. The van der Waals surface area contributed by atoms with Crippen LogP contribution in [0.4, 0.5) is 0 Å². The van der Waals surface area contributed by atoms with E-state index in [9.17, 15) is 0 Å². The molecule has 12 nitrogen and oxygen atoms in total. The number of hydrogen-bond acceptors (Lipinski definition) is 12. The van der Waals surface area contributed by atoms with Crippen molar-refractivity contribution in [2.24, 2.45) is 0 Å². The molecule has 0 unspecified atom stereocenters. The summed E-state index contributed by atoms with van der Waals surface area (Å²) in [6.07, 6.45) is 0. The van der Waals surface area contributed by atoms with Crippen LogP contribution in [0, 0.1) is 24.3 Å². The van der Waals surface area contributed by atoms with E-state index in [-0.39, 0.29) is 34.7 Å². The van der Waals surface area contributed by atoms with Crippen LogP contribution in [0.25, 0.3) is 0 Å². The van der Waals surface area contributed by atoms with E-state index < -0.39 is 0 Å². The molecule has 0 N–H and O–H groups in total. The van der Waals surface area contributed by atoms with Crippen LogP contribution < -0.4 is 56.8 Å². The van der Waals surface area contributed by atoms with Gasteiger partial charge in [-0.3, -0.25) is 0 Å².